The Labute approximate surface area is 226 Å². The smallest absolute Gasteiger partial charge is 0.0833 e. The number of hydrogen-bond acceptors (Lipinski definition) is 4. The zero-order valence-electron chi connectivity index (χ0n) is 23.1. The summed E-state index contributed by atoms with van der Waals surface area (Å²) in [6, 6.07) is 21.8. The fourth-order valence-electron chi connectivity index (χ4n) is 3.72. The molecule has 2 fully saturated rings. The van der Waals surface area contributed by atoms with Crippen LogP contribution in [0.2, 0.25) is 0 Å². The van der Waals surface area contributed by atoms with E-state index in [2.05, 4.69) is 104 Å². The molecule has 0 bridgehead atoms. The van der Waals surface area contributed by atoms with E-state index in [4.69, 9.17) is 9.47 Å². The van der Waals surface area contributed by atoms with Gasteiger partial charge in [0, 0.05) is 26.2 Å². The number of ether oxygens (including phenoxy) is 2. The van der Waals surface area contributed by atoms with Gasteiger partial charge in [0.05, 0.1) is 31.5 Å². The van der Waals surface area contributed by atoms with E-state index in [0.717, 1.165) is 39.4 Å². The minimum absolute atomic E-state index is 0. The molecule has 0 spiro atoms. The highest BCUT2D eigenvalue weighted by atomic mass is 35.5. The number of rotatable bonds is 9. The summed E-state index contributed by atoms with van der Waals surface area (Å²) in [4.78, 5) is 2.50. The molecule has 0 unspecified atom stereocenters. The molecule has 2 heterocycles. The molecule has 0 radical (unpaired) electrons. The van der Waals surface area contributed by atoms with Crippen molar-refractivity contribution in [1.82, 2.24) is 10.2 Å². The van der Waals surface area contributed by atoms with Crippen molar-refractivity contribution in [3.8, 4) is 0 Å². The van der Waals surface area contributed by atoms with Gasteiger partial charge in [0.15, 0.2) is 0 Å². The normalized spacial score (nSPS) is 16.5. The standard InChI is InChI=1S/C21H25NO.C8H15NO.C2H6.ClH/c1-3-17(2)16-23-20-14-22(15-20)21(18-10-6-4-7-11-18)19-12-8-5-9-13-19;1-3-7(2)6-10-8-4-9-5-8;1-2;/h3-13,20-21H,14-16H2,1-2H3;3,8-9H,4-6H2,1-2H3;1-2H3;1H/b17-3+;7-3+;;. The Morgan fingerprint density at radius 2 is 1.22 bits per heavy atom. The number of nitrogens with zero attached hydrogens (tertiary/aromatic N) is 1. The van der Waals surface area contributed by atoms with Crippen molar-refractivity contribution >= 4 is 12.4 Å². The molecule has 4 nitrogen and oxygen atoms in total. The highest BCUT2D eigenvalue weighted by molar-refractivity contribution is 5.85. The average Bonchev–Trinajstić information content (AvgIpc) is 2.86. The molecule has 0 saturated carbocycles. The first kappa shape index (κ1) is 32.1. The summed E-state index contributed by atoms with van der Waals surface area (Å²) in [5.41, 5.74) is 5.31. The molecule has 2 aromatic rings. The van der Waals surface area contributed by atoms with Crippen molar-refractivity contribution in [1.29, 1.82) is 0 Å². The van der Waals surface area contributed by atoms with Crippen LogP contribution in [0.3, 0.4) is 0 Å². The van der Waals surface area contributed by atoms with Gasteiger partial charge in [-0.25, -0.2) is 0 Å². The van der Waals surface area contributed by atoms with Crippen molar-refractivity contribution in [2.24, 2.45) is 0 Å². The van der Waals surface area contributed by atoms with Crippen LogP contribution < -0.4 is 5.32 Å². The lowest BCUT2D eigenvalue weighted by atomic mass is 9.94. The number of nitrogens with one attached hydrogen (secondary N) is 1. The van der Waals surface area contributed by atoms with Gasteiger partial charge in [-0.05, 0) is 38.8 Å². The minimum atomic E-state index is 0. The summed E-state index contributed by atoms with van der Waals surface area (Å²) in [5, 5.41) is 3.16. The summed E-state index contributed by atoms with van der Waals surface area (Å²) < 4.78 is 11.5. The first-order valence-corrected chi connectivity index (χ1v) is 13.1. The predicted octanol–water partition coefficient (Wildman–Crippen LogP) is 6.83. The lowest BCUT2D eigenvalue weighted by Crippen LogP contribution is -2.53. The molecule has 1 N–H and O–H groups in total. The highest BCUT2D eigenvalue weighted by Crippen LogP contribution is 2.33. The van der Waals surface area contributed by atoms with E-state index in [9.17, 15) is 0 Å². The third-order valence-electron chi connectivity index (χ3n) is 6.30. The Kier molecular flexibility index (Phi) is 16.3. The second-order valence-corrected chi connectivity index (χ2v) is 8.97. The summed E-state index contributed by atoms with van der Waals surface area (Å²) in [6.45, 7) is 17.9. The molecule has 36 heavy (non-hydrogen) atoms. The number of benzene rings is 2. The minimum Gasteiger partial charge on any atom is -0.371 e. The maximum absolute atomic E-state index is 5.97. The van der Waals surface area contributed by atoms with Crippen molar-refractivity contribution in [3.05, 3.63) is 95.1 Å². The van der Waals surface area contributed by atoms with Gasteiger partial charge in [-0.2, -0.15) is 0 Å². The Balaban J connectivity index is 0.000000421. The molecular formula is C31H47ClN2O2. The number of hydrogen-bond donors (Lipinski definition) is 1. The number of allylic oxidation sites excluding steroid dienone is 2. The molecule has 5 heteroatoms. The van der Waals surface area contributed by atoms with Gasteiger partial charge in [0.25, 0.3) is 0 Å². The predicted molar refractivity (Wildman–Crippen MR) is 156 cm³/mol. The molecular weight excluding hydrogens is 468 g/mol. The summed E-state index contributed by atoms with van der Waals surface area (Å²) in [6.07, 6.45) is 5.02. The third-order valence-corrected chi connectivity index (χ3v) is 6.30. The SMILES string of the molecule is C/C=C(\C)COC1CN(C(c2ccccc2)c2ccccc2)C1.C/C=C(\C)COC1CNC1.CC.Cl. The Morgan fingerprint density at radius 3 is 1.58 bits per heavy atom. The molecule has 4 rings (SSSR count). The second-order valence-electron chi connectivity index (χ2n) is 8.97. The van der Waals surface area contributed by atoms with E-state index in [1.54, 1.807) is 0 Å². The molecule has 2 aromatic carbocycles. The Morgan fingerprint density at radius 1 is 0.806 bits per heavy atom. The van der Waals surface area contributed by atoms with Gasteiger partial charge < -0.3 is 14.8 Å². The zero-order valence-corrected chi connectivity index (χ0v) is 23.9. The van der Waals surface area contributed by atoms with Crippen molar-refractivity contribution in [3.63, 3.8) is 0 Å². The van der Waals surface area contributed by atoms with Gasteiger partial charge in [-0.3, -0.25) is 4.90 Å². The van der Waals surface area contributed by atoms with Crippen LogP contribution in [-0.2, 0) is 9.47 Å². The van der Waals surface area contributed by atoms with E-state index >= 15 is 0 Å². The van der Waals surface area contributed by atoms with E-state index in [0.29, 0.717) is 18.2 Å². The van der Waals surface area contributed by atoms with Crippen LogP contribution in [0.15, 0.2) is 84.0 Å². The van der Waals surface area contributed by atoms with Crippen molar-refractivity contribution in [2.45, 2.75) is 59.8 Å². The van der Waals surface area contributed by atoms with Crippen LogP contribution in [0, 0.1) is 0 Å². The van der Waals surface area contributed by atoms with E-state index < -0.39 is 0 Å². The summed E-state index contributed by atoms with van der Waals surface area (Å²) in [5.74, 6) is 0. The van der Waals surface area contributed by atoms with Crippen molar-refractivity contribution in [2.75, 3.05) is 39.4 Å². The molecule has 2 aliphatic rings. The van der Waals surface area contributed by atoms with E-state index in [1.807, 2.05) is 20.8 Å². The quantitative estimate of drug-likeness (QED) is 0.372. The van der Waals surface area contributed by atoms with Gasteiger partial charge in [0.2, 0.25) is 0 Å². The molecule has 0 atom stereocenters. The number of halogens is 1. The molecule has 0 aliphatic carbocycles. The van der Waals surface area contributed by atoms with Crippen LogP contribution >= 0.6 is 12.4 Å². The van der Waals surface area contributed by atoms with Crippen LogP contribution in [0.4, 0.5) is 0 Å². The zero-order chi connectivity index (χ0) is 25.5. The molecule has 2 aliphatic heterocycles. The average molecular weight is 515 g/mol. The van der Waals surface area contributed by atoms with Gasteiger partial charge in [-0.15, -0.1) is 12.4 Å². The van der Waals surface area contributed by atoms with Crippen LogP contribution in [0.1, 0.15) is 58.7 Å². The van der Waals surface area contributed by atoms with Crippen molar-refractivity contribution < 1.29 is 9.47 Å². The van der Waals surface area contributed by atoms with E-state index in [-0.39, 0.29) is 12.4 Å². The van der Waals surface area contributed by atoms with Crippen LogP contribution in [0.25, 0.3) is 0 Å². The maximum Gasteiger partial charge on any atom is 0.0833 e. The summed E-state index contributed by atoms with van der Waals surface area (Å²) >= 11 is 0. The fraction of sp³-hybridized carbons (Fsp3) is 0.484. The van der Waals surface area contributed by atoms with Crippen LogP contribution in [0.5, 0.6) is 0 Å². The first-order valence-electron chi connectivity index (χ1n) is 13.1. The lowest BCUT2D eigenvalue weighted by Gasteiger charge is -2.44. The van der Waals surface area contributed by atoms with Gasteiger partial charge in [0.1, 0.15) is 0 Å². The highest BCUT2D eigenvalue weighted by Gasteiger charge is 2.34. The third kappa shape index (κ3) is 10.6. The molecule has 200 valence electrons. The molecule has 2 saturated heterocycles. The number of likely N-dealkylation sites (tertiary alicyclic amines) is 1. The van der Waals surface area contributed by atoms with Gasteiger partial charge in [-0.1, -0.05) is 97.8 Å². The van der Waals surface area contributed by atoms with E-state index in [1.165, 1.54) is 22.3 Å². The summed E-state index contributed by atoms with van der Waals surface area (Å²) in [7, 11) is 0. The van der Waals surface area contributed by atoms with Gasteiger partial charge >= 0.3 is 0 Å². The monoisotopic (exact) mass is 514 g/mol. The lowest BCUT2D eigenvalue weighted by molar-refractivity contribution is -0.0589. The Hall–Kier alpha value is -1.95. The maximum atomic E-state index is 5.97. The fourth-order valence-corrected chi connectivity index (χ4v) is 3.72. The first-order chi connectivity index (χ1) is 17.1. The van der Waals surface area contributed by atoms with Crippen LogP contribution in [-0.4, -0.2) is 56.5 Å². The largest absolute Gasteiger partial charge is 0.371 e. The topological polar surface area (TPSA) is 33.7 Å². The molecule has 0 aromatic heterocycles. The Bertz CT molecular complexity index is 836. The second kappa shape index (κ2) is 18.3. The molecule has 0 amide bonds.